The minimum absolute atomic E-state index is 0.0126. The van der Waals surface area contributed by atoms with Crippen LogP contribution in [0.5, 0.6) is 5.75 Å². The second-order valence-electron chi connectivity index (χ2n) is 7.79. The van der Waals surface area contributed by atoms with Crippen molar-refractivity contribution in [1.29, 1.82) is 0 Å². The van der Waals surface area contributed by atoms with E-state index in [9.17, 15) is 33.0 Å². The van der Waals surface area contributed by atoms with Gasteiger partial charge in [0.25, 0.3) is 16.0 Å². The molecule has 14 nitrogen and oxygen atoms in total. The highest BCUT2D eigenvalue weighted by Crippen LogP contribution is 2.41. The van der Waals surface area contributed by atoms with Gasteiger partial charge in [0.1, 0.15) is 34.7 Å². The summed E-state index contributed by atoms with van der Waals surface area (Å²) in [5.74, 6) is -3.04. The van der Waals surface area contributed by atoms with Gasteiger partial charge < -0.3 is 21.3 Å². The predicted octanol–water partition coefficient (Wildman–Crippen LogP) is -0.571. The molecule has 3 atom stereocenters. The minimum atomic E-state index is -4.30. The van der Waals surface area contributed by atoms with Crippen molar-refractivity contribution in [3.63, 3.8) is 0 Å². The molecule has 2 amide bonds. The molecular weight excluding hydrogens is 536 g/mol. The minimum Gasteiger partial charge on any atom is -0.508 e. The lowest BCUT2D eigenvalue weighted by molar-refractivity contribution is -0.150. The molecule has 17 heteroatoms. The number of phenolic OH excluding ortho intramolecular Hbond substituents is 1. The summed E-state index contributed by atoms with van der Waals surface area (Å²) in [7, 11) is -4.30. The molecule has 1 aromatic heterocycles. The van der Waals surface area contributed by atoms with Crippen LogP contribution in [0, 0.1) is 0 Å². The van der Waals surface area contributed by atoms with E-state index in [4.69, 9.17) is 10.3 Å². The van der Waals surface area contributed by atoms with Crippen LogP contribution in [0.2, 0.25) is 0 Å². The summed E-state index contributed by atoms with van der Waals surface area (Å²) >= 11 is 2.33. The summed E-state index contributed by atoms with van der Waals surface area (Å²) in [6.45, 7) is 0. The maximum absolute atomic E-state index is 12.8. The number of hydrogen-bond acceptors (Lipinski definition) is 11. The highest BCUT2D eigenvalue weighted by Gasteiger charge is 2.54. The van der Waals surface area contributed by atoms with Gasteiger partial charge in [-0.2, -0.15) is 13.5 Å². The summed E-state index contributed by atoms with van der Waals surface area (Å²) in [4.78, 5) is 42.5. The van der Waals surface area contributed by atoms with Gasteiger partial charge in [-0.3, -0.25) is 24.1 Å². The van der Waals surface area contributed by atoms with Gasteiger partial charge in [0.15, 0.2) is 11.0 Å². The molecule has 1 aromatic carbocycles. The number of nitrogens with zero attached hydrogens (tertiary/aromatic N) is 3. The summed E-state index contributed by atoms with van der Waals surface area (Å²) in [5, 5.41) is 27.5. The van der Waals surface area contributed by atoms with Gasteiger partial charge in [-0.1, -0.05) is 23.9 Å². The number of carbonyl (C=O) groups is 3. The smallest absolute Gasteiger partial charge is 0.352 e. The van der Waals surface area contributed by atoms with Gasteiger partial charge >= 0.3 is 5.97 Å². The molecule has 2 aliphatic heterocycles. The molecule has 0 spiro atoms. The van der Waals surface area contributed by atoms with Crippen LogP contribution >= 0.6 is 23.5 Å². The Labute approximate surface area is 212 Å². The van der Waals surface area contributed by atoms with E-state index in [0.717, 1.165) is 16.7 Å². The molecule has 1 fully saturated rings. The molecule has 2 aromatic rings. The highest BCUT2D eigenvalue weighted by atomic mass is 32.2. The third-order valence-electron chi connectivity index (χ3n) is 5.29. The Balaban J connectivity index is 1.42. The molecule has 0 bridgehead atoms. The molecule has 4 rings (SSSR count). The third kappa shape index (κ3) is 5.49. The summed E-state index contributed by atoms with van der Waals surface area (Å²) in [5.41, 5.74) is 6.64. The Hall–Kier alpha value is -3.12. The quantitative estimate of drug-likeness (QED) is 0.129. The van der Waals surface area contributed by atoms with Crippen LogP contribution in [0.4, 0.5) is 0 Å². The van der Waals surface area contributed by atoms with E-state index in [-0.39, 0.29) is 33.9 Å². The van der Waals surface area contributed by atoms with Crippen molar-refractivity contribution in [2.75, 3.05) is 11.5 Å². The van der Waals surface area contributed by atoms with E-state index in [1.165, 1.54) is 36.0 Å². The highest BCUT2D eigenvalue weighted by molar-refractivity contribution is 8.01. The number of benzene rings is 1. The van der Waals surface area contributed by atoms with Gasteiger partial charge in [-0.25, -0.2) is 9.78 Å². The number of carbonyl (C=O) groups excluding carboxylic acids is 2. The molecule has 2 aliphatic rings. The van der Waals surface area contributed by atoms with E-state index in [0.29, 0.717) is 11.1 Å². The zero-order valence-electron chi connectivity index (χ0n) is 18.2. The molecule has 192 valence electrons. The number of rotatable bonds is 9. The van der Waals surface area contributed by atoms with Gasteiger partial charge in [-0.05, 0) is 23.3 Å². The standard InChI is InChI=1S/C19H20N6O8S3/c20-12(8-1-3-10(26)4-2-8)15(27)22-13-16(28)25-14(18(29)30)9(5-34-17(13)25)6-35-19-21-11(23-24-19)7-36(31,32)33/h1-4,12-13,17,26H,5-7,20H2,(H,22,27)(H,29,30)(H,21,23,24)(H,31,32,33)/t12?,13?,17-/m0/s1. The Morgan fingerprint density at radius 3 is 2.67 bits per heavy atom. The van der Waals surface area contributed by atoms with Gasteiger partial charge in [0.2, 0.25) is 5.91 Å². The second-order valence-corrected chi connectivity index (χ2v) is 11.3. The molecule has 0 saturated carbocycles. The number of nitrogens with two attached hydrogens (primary N) is 1. The van der Waals surface area contributed by atoms with Crippen molar-refractivity contribution in [2.24, 2.45) is 5.73 Å². The van der Waals surface area contributed by atoms with Gasteiger partial charge in [-0.15, -0.1) is 11.8 Å². The largest absolute Gasteiger partial charge is 0.508 e. The van der Waals surface area contributed by atoms with Crippen molar-refractivity contribution in [3.05, 3.63) is 46.9 Å². The number of nitrogens with one attached hydrogen (secondary N) is 2. The Bertz CT molecular complexity index is 1340. The number of fused-ring (bicyclic) bond motifs is 1. The van der Waals surface area contributed by atoms with Crippen molar-refractivity contribution < 1.29 is 37.6 Å². The van der Waals surface area contributed by atoms with Crippen molar-refractivity contribution in [1.82, 2.24) is 25.4 Å². The van der Waals surface area contributed by atoms with Gasteiger partial charge in [0.05, 0.1) is 0 Å². The zero-order valence-corrected chi connectivity index (χ0v) is 20.6. The fourth-order valence-corrected chi connectivity index (χ4v) is 6.36. The molecule has 7 N–H and O–H groups in total. The lowest BCUT2D eigenvalue weighted by atomic mass is 10.0. The Kier molecular flexibility index (Phi) is 7.28. The number of aromatic hydroxyl groups is 1. The number of phenols is 1. The number of aromatic amines is 1. The molecule has 0 radical (unpaired) electrons. The Morgan fingerprint density at radius 2 is 2.03 bits per heavy atom. The van der Waals surface area contributed by atoms with Gasteiger partial charge in [0, 0.05) is 11.5 Å². The van der Waals surface area contributed by atoms with Crippen LogP contribution in [0.15, 0.2) is 40.7 Å². The number of H-pyrrole nitrogens is 1. The fourth-order valence-electron chi connectivity index (χ4n) is 3.60. The van der Waals surface area contributed by atoms with Crippen molar-refractivity contribution >= 4 is 51.4 Å². The first-order chi connectivity index (χ1) is 16.9. The summed E-state index contributed by atoms with van der Waals surface area (Å²) in [6.07, 6.45) is 0. The lowest BCUT2D eigenvalue weighted by Crippen LogP contribution is -2.71. The first-order valence-electron chi connectivity index (χ1n) is 10.2. The monoisotopic (exact) mass is 556 g/mol. The predicted molar refractivity (Wildman–Crippen MR) is 127 cm³/mol. The lowest BCUT2D eigenvalue weighted by Gasteiger charge is -2.49. The number of thioether (sulfide) groups is 2. The number of aliphatic carboxylic acids is 1. The second kappa shape index (κ2) is 10.1. The topological polar surface area (TPSA) is 229 Å². The first kappa shape index (κ1) is 26.0. The van der Waals surface area contributed by atoms with Crippen LogP contribution in [-0.4, -0.2) is 84.0 Å². The van der Waals surface area contributed by atoms with E-state index >= 15 is 0 Å². The van der Waals surface area contributed by atoms with E-state index < -0.39 is 51.1 Å². The van der Waals surface area contributed by atoms with E-state index in [1.807, 2.05) is 0 Å². The molecule has 2 unspecified atom stereocenters. The van der Waals surface area contributed by atoms with E-state index in [2.05, 4.69) is 20.5 Å². The average molecular weight is 557 g/mol. The molecule has 1 saturated heterocycles. The third-order valence-corrected chi connectivity index (χ3v) is 8.20. The summed E-state index contributed by atoms with van der Waals surface area (Å²) in [6, 6.07) is 3.70. The summed E-state index contributed by atoms with van der Waals surface area (Å²) < 4.78 is 30.8. The van der Waals surface area contributed by atoms with Crippen LogP contribution in [0.25, 0.3) is 0 Å². The normalized spacial score (nSPS) is 20.5. The SMILES string of the molecule is NC(C(=O)NC1C(=O)N2C(C(=O)O)=C(CSc3nc(CS(=O)(=O)O)n[nH]3)CS[C@@H]12)c1ccc(O)cc1. The number of carboxylic acid groups (broad SMARTS) is 1. The number of amides is 2. The number of hydrogen-bond donors (Lipinski definition) is 6. The zero-order chi connectivity index (χ0) is 26.2. The van der Waals surface area contributed by atoms with Crippen LogP contribution in [0.1, 0.15) is 17.4 Å². The van der Waals surface area contributed by atoms with Crippen molar-refractivity contribution in [2.45, 2.75) is 28.4 Å². The first-order valence-corrected chi connectivity index (χ1v) is 13.8. The van der Waals surface area contributed by atoms with Crippen LogP contribution in [0.3, 0.4) is 0 Å². The molecule has 0 aliphatic carbocycles. The number of carboxylic acids is 1. The molecule has 3 heterocycles. The number of β-lactam (4-membered cyclic amide) rings is 1. The average Bonchev–Trinajstić information content (AvgIpc) is 3.25. The van der Waals surface area contributed by atoms with Crippen LogP contribution < -0.4 is 11.1 Å². The van der Waals surface area contributed by atoms with Crippen molar-refractivity contribution in [3.8, 4) is 5.75 Å². The fraction of sp³-hybridized carbons (Fsp3) is 0.316. The maximum atomic E-state index is 12.8. The maximum Gasteiger partial charge on any atom is 0.352 e. The van der Waals surface area contributed by atoms with Crippen LogP contribution in [-0.2, 0) is 30.3 Å². The van der Waals surface area contributed by atoms with E-state index in [1.54, 1.807) is 0 Å². The molecule has 36 heavy (non-hydrogen) atoms. The number of aromatic nitrogens is 3. The molecular formula is C19H20N6O8S3. The Morgan fingerprint density at radius 1 is 1.33 bits per heavy atom.